The predicted molar refractivity (Wildman–Crippen MR) is 78.2 cm³/mol. The summed E-state index contributed by atoms with van der Waals surface area (Å²) in [5.74, 6) is -0.764. The third-order valence-corrected chi connectivity index (χ3v) is 3.87. The summed E-state index contributed by atoms with van der Waals surface area (Å²) in [6.07, 6.45) is 0. The molecule has 0 aliphatic heterocycles. The van der Waals surface area contributed by atoms with Crippen LogP contribution >= 0.6 is 11.8 Å². The van der Waals surface area contributed by atoms with Gasteiger partial charge >= 0.3 is 11.9 Å². The van der Waals surface area contributed by atoms with Crippen molar-refractivity contribution < 1.29 is 19.1 Å². The highest BCUT2D eigenvalue weighted by atomic mass is 32.2. The van der Waals surface area contributed by atoms with Gasteiger partial charge in [0.15, 0.2) is 5.41 Å². The Morgan fingerprint density at radius 1 is 0.947 bits per heavy atom. The molecule has 0 radical (unpaired) electrons. The van der Waals surface area contributed by atoms with Crippen molar-refractivity contribution in [1.29, 1.82) is 0 Å². The highest BCUT2D eigenvalue weighted by Gasteiger charge is 2.46. The molecule has 0 bridgehead atoms. The summed E-state index contributed by atoms with van der Waals surface area (Å²) in [4.78, 5) is 24.2. The fourth-order valence-electron chi connectivity index (χ4n) is 1.18. The largest absolute Gasteiger partial charge is 0.468 e. The Morgan fingerprint density at radius 2 is 1.42 bits per heavy atom. The van der Waals surface area contributed by atoms with Crippen molar-refractivity contribution in [3.63, 3.8) is 0 Å². The topological polar surface area (TPSA) is 52.6 Å². The molecule has 19 heavy (non-hydrogen) atoms. The van der Waals surface area contributed by atoms with Gasteiger partial charge in [-0.15, -0.1) is 0 Å². The normalized spacial score (nSPS) is 15.6. The summed E-state index contributed by atoms with van der Waals surface area (Å²) in [7, 11) is 1.28. The number of methoxy groups -OCH3 is 1. The van der Waals surface area contributed by atoms with Crippen LogP contribution in [0.25, 0.3) is 0 Å². The van der Waals surface area contributed by atoms with Crippen LogP contribution in [0.2, 0.25) is 0 Å². The SMILES string of the molecule is COC(=O)[C@](C)(CSC(C)(C)C)C(=O)OC(C)(C)C. The van der Waals surface area contributed by atoms with Gasteiger partial charge in [0.05, 0.1) is 7.11 Å². The van der Waals surface area contributed by atoms with Crippen molar-refractivity contribution in [3.8, 4) is 0 Å². The van der Waals surface area contributed by atoms with Gasteiger partial charge < -0.3 is 9.47 Å². The average Bonchev–Trinajstić information content (AvgIpc) is 2.21. The van der Waals surface area contributed by atoms with Gasteiger partial charge in [-0.05, 0) is 27.7 Å². The Balaban J connectivity index is 5.08. The lowest BCUT2D eigenvalue weighted by Crippen LogP contribution is -2.44. The smallest absolute Gasteiger partial charge is 0.324 e. The minimum atomic E-state index is -1.28. The van der Waals surface area contributed by atoms with E-state index in [1.165, 1.54) is 18.9 Å². The minimum absolute atomic E-state index is 0.0444. The van der Waals surface area contributed by atoms with Crippen molar-refractivity contribution in [3.05, 3.63) is 0 Å². The Kier molecular flexibility index (Phi) is 5.93. The zero-order valence-corrected chi connectivity index (χ0v) is 14.1. The fourth-order valence-corrected chi connectivity index (χ4v) is 2.14. The molecule has 0 N–H and O–H groups in total. The number of rotatable bonds is 4. The van der Waals surface area contributed by atoms with E-state index in [1.54, 1.807) is 27.7 Å². The Labute approximate surface area is 120 Å². The van der Waals surface area contributed by atoms with Crippen LogP contribution in [0.4, 0.5) is 0 Å². The maximum Gasteiger partial charge on any atom is 0.324 e. The van der Waals surface area contributed by atoms with Crippen LogP contribution in [-0.2, 0) is 19.1 Å². The van der Waals surface area contributed by atoms with Crippen molar-refractivity contribution >= 4 is 23.7 Å². The number of thioether (sulfide) groups is 1. The zero-order valence-electron chi connectivity index (χ0n) is 13.2. The molecule has 112 valence electrons. The van der Waals surface area contributed by atoms with E-state index in [9.17, 15) is 9.59 Å². The molecule has 0 saturated carbocycles. The predicted octanol–water partition coefficient (Wildman–Crippen LogP) is 3.04. The highest BCUT2D eigenvalue weighted by Crippen LogP contribution is 2.34. The molecular formula is C14H26O4S. The van der Waals surface area contributed by atoms with E-state index in [2.05, 4.69) is 0 Å². The molecule has 4 nitrogen and oxygen atoms in total. The standard InChI is InChI=1S/C14H26O4S/c1-12(2,3)18-11(16)14(7,10(15)17-8)9-19-13(4,5)6/h9H2,1-8H3/t14-/m0/s1. The molecule has 1 atom stereocenters. The average molecular weight is 290 g/mol. The number of carbonyl (C=O) groups excluding carboxylic acids is 2. The van der Waals surface area contributed by atoms with Crippen LogP contribution in [0.15, 0.2) is 0 Å². The zero-order chi connectivity index (χ0) is 15.5. The molecular weight excluding hydrogens is 264 g/mol. The molecule has 0 heterocycles. The van der Waals surface area contributed by atoms with Gasteiger partial charge in [-0.25, -0.2) is 0 Å². The van der Waals surface area contributed by atoms with E-state index in [0.717, 1.165) is 0 Å². The fraction of sp³-hybridized carbons (Fsp3) is 0.857. The van der Waals surface area contributed by atoms with Crippen LogP contribution in [-0.4, -0.2) is 35.1 Å². The van der Waals surface area contributed by atoms with Crippen molar-refractivity contribution in [1.82, 2.24) is 0 Å². The third kappa shape index (κ3) is 6.32. The summed E-state index contributed by atoms with van der Waals surface area (Å²) in [5.41, 5.74) is -1.90. The second-order valence-electron chi connectivity index (χ2n) is 6.73. The highest BCUT2D eigenvalue weighted by molar-refractivity contribution is 8.00. The lowest BCUT2D eigenvalue weighted by Gasteiger charge is -2.31. The lowest BCUT2D eigenvalue weighted by atomic mass is 9.93. The second kappa shape index (κ2) is 6.16. The molecule has 0 fully saturated rings. The van der Waals surface area contributed by atoms with Gasteiger partial charge in [0.25, 0.3) is 0 Å². The van der Waals surface area contributed by atoms with Gasteiger partial charge in [0.2, 0.25) is 0 Å². The van der Waals surface area contributed by atoms with Gasteiger partial charge in [0, 0.05) is 10.5 Å². The van der Waals surface area contributed by atoms with Gasteiger partial charge in [-0.2, -0.15) is 11.8 Å². The molecule has 0 rings (SSSR count). The molecule has 0 unspecified atom stereocenters. The minimum Gasteiger partial charge on any atom is -0.468 e. The van der Waals surface area contributed by atoms with Gasteiger partial charge in [-0.1, -0.05) is 20.8 Å². The van der Waals surface area contributed by atoms with E-state index in [4.69, 9.17) is 9.47 Å². The Bertz CT molecular complexity index is 338. The monoisotopic (exact) mass is 290 g/mol. The van der Waals surface area contributed by atoms with Crippen LogP contribution in [0.3, 0.4) is 0 Å². The van der Waals surface area contributed by atoms with E-state index < -0.39 is 23.0 Å². The first kappa shape index (κ1) is 18.3. The Hall–Kier alpha value is -0.710. The lowest BCUT2D eigenvalue weighted by molar-refractivity contribution is -0.175. The first-order chi connectivity index (χ1) is 8.32. The van der Waals surface area contributed by atoms with Gasteiger partial charge in [0.1, 0.15) is 5.60 Å². The third-order valence-electron chi connectivity index (χ3n) is 2.28. The summed E-state index contributed by atoms with van der Waals surface area (Å²) in [6.45, 7) is 13.0. The molecule has 0 aromatic rings. The Morgan fingerprint density at radius 3 is 1.74 bits per heavy atom. The summed E-state index contributed by atoms with van der Waals surface area (Å²) in [5, 5.41) is 0. The van der Waals surface area contributed by atoms with Crippen molar-refractivity contribution in [2.45, 2.75) is 58.8 Å². The summed E-state index contributed by atoms with van der Waals surface area (Å²) >= 11 is 1.54. The van der Waals surface area contributed by atoms with Crippen molar-refractivity contribution in [2.24, 2.45) is 5.41 Å². The molecule has 0 aliphatic rings. The van der Waals surface area contributed by atoms with Crippen LogP contribution < -0.4 is 0 Å². The van der Waals surface area contributed by atoms with Gasteiger partial charge in [-0.3, -0.25) is 9.59 Å². The van der Waals surface area contributed by atoms with E-state index >= 15 is 0 Å². The maximum absolute atomic E-state index is 12.3. The number of hydrogen-bond acceptors (Lipinski definition) is 5. The van der Waals surface area contributed by atoms with E-state index in [0.29, 0.717) is 5.75 Å². The van der Waals surface area contributed by atoms with Crippen LogP contribution in [0.5, 0.6) is 0 Å². The quantitative estimate of drug-likeness (QED) is 0.588. The second-order valence-corrected chi connectivity index (χ2v) is 8.53. The maximum atomic E-state index is 12.3. The number of carbonyl (C=O) groups is 2. The van der Waals surface area contributed by atoms with E-state index in [-0.39, 0.29) is 4.75 Å². The first-order valence-electron chi connectivity index (χ1n) is 6.28. The van der Waals surface area contributed by atoms with Crippen LogP contribution in [0, 0.1) is 5.41 Å². The first-order valence-corrected chi connectivity index (χ1v) is 7.26. The van der Waals surface area contributed by atoms with Crippen LogP contribution in [0.1, 0.15) is 48.5 Å². The van der Waals surface area contributed by atoms with Crippen molar-refractivity contribution in [2.75, 3.05) is 12.9 Å². The molecule has 0 aromatic carbocycles. The number of ether oxygens (including phenoxy) is 2. The molecule has 0 aliphatic carbocycles. The molecule has 0 spiro atoms. The van der Waals surface area contributed by atoms with E-state index in [1.807, 2.05) is 20.8 Å². The summed E-state index contributed by atoms with van der Waals surface area (Å²) in [6, 6.07) is 0. The molecule has 0 saturated heterocycles. The molecule has 5 heteroatoms. The number of esters is 2. The summed E-state index contributed by atoms with van der Waals surface area (Å²) < 4.78 is 10.1. The number of hydrogen-bond donors (Lipinski definition) is 0. The molecule has 0 amide bonds. The molecule has 0 aromatic heterocycles.